The van der Waals surface area contributed by atoms with Gasteiger partial charge in [-0.2, -0.15) is 0 Å². The van der Waals surface area contributed by atoms with E-state index in [-0.39, 0.29) is 0 Å². The Kier molecular flexibility index (Phi) is 6.88. The van der Waals surface area contributed by atoms with Crippen molar-refractivity contribution >= 4 is 6.16 Å². The summed E-state index contributed by atoms with van der Waals surface area (Å²) in [5.74, 6) is 0. The molecular weight excluding hydrogens is 212 g/mol. The zero-order chi connectivity index (χ0) is 12.4. The summed E-state index contributed by atoms with van der Waals surface area (Å²) in [4.78, 5) is 16.1. The van der Waals surface area contributed by atoms with E-state index in [0.717, 1.165) is 0 Å². The molecule has 0 spiro atoms. The monoisotopic (exact) mass is 226 g/mol. The number of carbonyl (C=O) groups is 1. The third-order valence-electron chi connectivity index (χ3n) is 1.27. The zero-order valence-corrected chi connectivity index (χ0v) is 9.06. The minimum absolute atomic E-state index is 1.75. The second-order valence-electron chi connectivity index (χ2n) is 2.74. The first-order valence-corrected chi connectivity index (χ1v) is 4.28. The van der Waals surface area contributed by atoms with Crippen LogP contribution in [0.1, 0.15) is 0 Å². The number of aromatic nitrogens is 4. The highest BCUT2D eigenvalue weighted by Gasteiger charge is 1.70. The van der Waals surface area contributed by atoms with Gasteiger partial charge in [0.25, 0.3) is 0 Å². The van der Waals surface area contributed by atoms with Gasteiger partial charge in [-0.3, -0.25) is 0 Å². The van der Waals surface area contributed by atoms with Gasteiger partial charge in [0.2, 0.25) is 0 Å². The fourth-order valence-electron chi connectivity index (χ4n) is 0.652. The second-order valence-corrected chi connectivity index (χ2v) is 2.74. The fraction of sp³-hybridized carbons (Fsp3) is 0.222. The Balaban J connectivity index is 0.000000217. The van der Waals surface area contributed by atoms with Crippen molar-refractivity contribution in [2.75, 3.05) is 0 Å². The molecule has 0 saturated heterocycles. The lowest BCUT2D eigenvalue weighted by Gasteiger charge is -1.76. The summed E-state index contributed by atoms with van der Waals surface area (Å²) in [6.45, 7) is 0. The van der Waals surface area contributed by atoms with Crippen LogP contribution in [0, 0.1) is 0 Å². The number of rotatable bonds is 0. The van der Waals surface area contributed by atoms with Crippen molar-refractivity contribution in [1.29, 1.82) is 0 Å². The average molecular weight is 226 g/mol. The summed E-state index contributed by atoms with van der Waals surface area (Å²) in [7, 11) is 3.88. The van der Waals surface area contributed by atoms with Gasteiger partial charge in [0.05, 0.1) is 12.7 Å². The second kappa shape index (κ2) is 8.04. The van der Waals surface area contributed by atoms with Gasteiger partial charge in [0.15, 0.2) is 0 Å². The van der Waals surface area contributed by atoms with Gasteiger partial charge in [-0.15, -0.1) is 0 Å². The molecule has 0 unspecified atom stereocenters. The standard InChI is InChI=1S/2C4H6N2.CH2O3/c2*1-6-3-2-5-4-6;2-1(3)4/h2*2-4H,1H3;(H2,2,3,4). The molecule has 0 radical (unpaired) electrons. The van der Waals surface area contributed by atoms with Crippen molar-refractivity contribution in [2.45, 2.75) is 0 Å². The molecule has 2 aromatic rings. The number of hydrogen-bond acceptors (Lipinski definition) is 3. The van der Waals surface area contributed by atoms with Crippen LogP contribution in [0.5, 0.6) is 0 Å². The lowest BCUT2D eigenvalue weighted by atomic mass is 10.9. The van der Waals surface area contributed by atoms with Crippen molar-refractivity contribution in [2.24, 2.45) is 14.1 Å². The van der Waals surface area contributed by atoms with Crippen molar-refractivity contribution in [1.82, 2.24) is 19.1 Å². The summed E-state index contributed by atoms with van der Waals surface area (Å²) in [5.41, 5.74) is 0. The van der Waals surface area contributed by atoms with Gasteiger partial charge < -0.3 is 19.3 Å². The lowest BCUT2D eigenvalue weighted by molar-refractivity contribution is 0.137. The van der Waals surface area contributed by atoms with E-state index in [1.54, 1.807) is 25.0 Å². The molecular formula is C9H14N4O3. The SMILES string of the molecule is Cn1ccnc1.Cn1ccnc1.O=C(O)O. The normalized spacial score (nSPS) is 8.12. The number of hydrogen-bond donors (Lipinski definition) is 2. The number of aryl methyl sites for hydroxylation is 2. The van der Waals surface area contributed by atoms with E-state index >= 15 is 0 Å². The molecule has 88 valence electrons. The Bertz CT molecular complexity index is 333. The smallest absolute Gasteiger partial charge is 0.450 e. The summed E-state index contributed by atoms with van der Waals surface area (Å²) in [5, 5.41) is 13.9. The van der Waals surface area contributed by atoms with Crippen LogP contribution in [0.4, 0.5) is 4.79 Å². The first-order chi connectivity index (χ1) is 7.52. The molecule has 0 aromatic carbocycles. The van der Waals surface area contributed by atoms with Crippen LogP contribution in [-0.4, -0.2) is 35.5 Å². The van der Waals surface area contributed by atoms with Gasteiger partial charge >= 0.3 is 6.16 Å². The summed E-state index contributed by atoms with van der Waals surface area (Å²) < 4.78 is 3.78. The van der Waals surface area contributed by atoms with E-state index in [0.29, 0.717) is 0 Å². The van der Waals surface area contributed by atoms with Crippen LogP contribution in [-0.2, 0) is 14.1 Å². The molecule has 0 bridgehead atoms. The van der Waals surface area contributed by atoms with E-state index < -0.39 is 6.16 Å². The molecule has 0 fully saturated rings. The highest BCUT2D eigenvalue weighted by atomic mass is 16.6. The van der Waals surface area contributed by atoms with Gasteiger partial charge in [-0.25, -0.2) is 14.8 Å². The first kappa shape index (κ1) is 13.7. The molecule has 0 amide bonds. The number of nitrogens with zero attached hydrogens (tertiary/aromatic N) is 4. The fourth-order valence-corrected chi connectivity index (χ4v) is 0.652. The van der Waals surface area contributed by atoms with Crippen molar-refractivity contribution in [3.8, 4) is 0 Å². The van der Waals surface area contributed by atoms with E-state index in [1.165, 1.54) is 0 Å². The average Bonchev–Trinajstić information content (AvgIpc) is 2.78. The highest BCUT2D eigenvalue weighted by molar-refractivity contribution is 5.53. The van der Waals surface area contributed by atoms with Crippen LogP contribution in [0.25, 0.3) is 0 Å². The molecule has 2 rings (SSSR count). The van der Waals surface area contributed by atoms with Gasteiger partial charge in [-0.1, -0.05) is 0 Å². The van der Waals surface area contributed by atoms with E-state index in [9.17, 15) is 0 Å². The van der Waals surface area contributed by atoms with Crippen LogP contribution < -0.4 is 0 Å². The summed E-state index contributed by atoms with van der Waals surface area (Å²) >= 11 is 0. The lowest BCUT2D eigenvalue weighted by Crippen LogP contribution is -1.81. The molecule has 0 aliphatic rings. The molecule has 16 heavy (non-hydrogen) atoms. The molecule has 2 aromatic heterocycles. The Labute approximate surface area is 92.6 Å². The van der Waals surface area contributed by atoms with Crippen LogP contribution in [0.15, 0.2) is 37.4 Å². The third kappa shape index (κ3) is 9.78. The molecule has 0 aliphatic heterocycles. The molecule has 2 N–H and O–H groups in total. The number of imidazole rings is 2. The Morgan fingerprint density at radius 3 is 1.38 bits per heavy atom. The topological polar surface area (TPSA) is 93.2 Å². The minimum Gasteiger partial charge on any atom is -0.450 e. The van der Waals surface area contributed by atoms with Crippen molar-refractivity contribution in [3.05, 3.63) is 37.4 Å². The van der Waals surface area contributed by atoms with Crippen molar-refractivity contribution in [3.63, 3.8) is 0 Å². The molecule has 2 heterocycles. The van der Waals surface area contributed by atoms with E-state index in [4.69, 9.17) is 15.0 Å². The maximum atomic E-state index is 8.56. The highest BCUT2D eigenvalue weighted by Crippen LogP contribution is 1.74. The summed E-state index contributed by atoms with van der Waals surface area (Å²) in [6.07, 6.45) is 8.94. The van der Waals surface area contributed by atoms with Crippen molar-refractivity contribution < 1.29 is 15.0 Å². The quantitative estimate of drug-likeness (QED) is 0.700. The zero-order valence-electron chi connectivity index (χ0n) is 9.06. The predicted octanol–water partition coefficient (Wildman–Crippen LogP) is 1.06. The van der Waals surface area contributed by atoms with Crippen LogP contribution >= 0.6 is 0 Å². The Morgan fingerprint density at radius 1 is 1.00 bits per heavy atom. The van der Waals surface area contributed by atoms with Gasteiger partial charge in [0.1, 0.15) is 0 Å². The maximum Gasteiger partial charge on any atom is 0.503 e. The molecule has 7 nitrogen and oxygen atoms in total. The molecule has 0 saturated carbocycles. The molecule has 0 aliphatic carbocycles. The Morgan fingerprint density at radius 2 is 1.31 bits per heavy atom. The minimum atomic E-state index is -1.83. The molecule has 0 atom stereocenters. The predicted molar refractivity (Wildman–Crippen MR) is 57.1 cm³/mol. The van der Waals surface area contributed by atoms with Gasteiger partial charge in [-0.05, 0) is 0 Å². The third-order valence-corrected chi connectivity index (χ3v) is 1.27. The maximum absolute atomic E-state index is 8.56. The Hall–Kier alpha value is -2.31. The first-order valence-electron chi connectivity index (χ1n) is 4.28. The van der Waals surface area contributed by atoms with Gasteiger partial charge in [0, 0.05) is 38.9 Å². The van der Waals surface area contributed by atoms with E-state index in [2.05, 4.69) is 9.97 Å². The van der Waals surface area contributed by atoms with Crippen LogP contribution in [0.2, 0.25) is 0 Å². The summed E-state index contributed by atoms with van der Waals surface area (Å²) in [6, 6.07) is 0. The molecule has 7 heteroatoms. The largest absolute Gasteiger partial charge is 0.503 e. The van der Waals surface area contributed by atoms with E-state index in [1.807, 2.05) is 35.6 Å². The van der Waals surface area contributed by atoms with Crippen LogP contribution in [0.3, 0.4) is 0 Å². The number of carboxylic acid groups (broad SMARTS) is 2.